The smallest absolute Gasteiger partial charge is 0.261 e. The zero-order valence-electron chi connectivity index (χ0n) is 17.7. The van der Waals surface area contributed by atoms with Crippen LogP contribution in [0.4, 0.5) is 0 Å². The van der Waals surface area contributed by atoms with E-state index in [0.717, 1.165) is 22.3 Å². The van der Waals surface area contributed by atoms with Gasteiger partial charge in [0.1, 0.15) is 5.82 Å². The Morgan fingerprint density at radius 2 is 2.00 bits per heavy atom. The molecule has 8 heteroatoms. The number of aromatic nitrogens is 4. The summed E-state index contributed by atoms with van der Waals surface area (Å²) < 4.78 is 7.24. The summed E-state index contributed by atoms with van der Waals surface area (Å²) in [5, 5.41) is 8.46. The van der Waals surface area contributed by atoms with Gasteiger partial charge in [0, 0.05) is 31.2 Å². The van der Waals surface area contributed by atoms with Crippen LogP contribution in [0.15, 0.2) is 64.8 Å². The Bertz CT molecular complexity index is 1090. The standard InChI is InChI=1S/C22H27N7O/c1-14(2)22(4,21-27-20(30-28-21)18-12-26-29(5)13-18)19-8-6-16(7-9-19)17(10-23)11-25-15(3)24/h6-14H,3,23-24H2,1-2,4-5H3/b17-10+,25-11-/t22-/m0/s1. The molecule has 156 valence electrons. The Balaban J connectivity index is 1.96. The third kappa shape index (κ3) is 4.03. The maximum atomic E-state index is 5.75. The normalized spacial score (nSPS) is 14.4. The van der Waals surface area contributed by atoms with Crippen LogP contribution in [0.3, 0.4) is 0 Å². The average molecular weight is 406 g/mol. The van der Waals surface area contributed by atoms with Crippen molar-refractivity contribution in [2.75, 3.05) is 0 Å². The lowest BCUT2D eigenvalue weighted by Gasteiger charge is -2.31. The molecule has 0 amide bonds. The predicted molar refractivity (Wildman–Crippen MR) is 118 cm³/mol. The summed E-state index contributed by atoms with van der Waals surface area (Å²) in [6.07, 6.45) is 6.63. The molecule has 0 bridgehead atoms. The fourth-order valence-corrected chi connectivity index (χ4v) is 3.18. The van der Waals surface area contributed by atoms with E-state index in [1.807, 2.05) is 37.5 Å². The van der Waals surface area contributed by atoms with Gasteiger partial charge < -0.3 is 16.0 Å². The highest BCUT2D eigenvalue weighted by molar-refractivity contribution is 6.09. The van der Waals surface area contributed by atoms with Crippen molar-refractivity contribution < 1.29 is 4.52 Å². The van der Waals surface area contributed by atoms with Crippen molar-refractivity contribution in [1.82, 2.24) is 19.9 Å². The third-order valence-corrected chi connectivity index (χ3v) is 5.36. The highest BCUT2D eigenvalue weighted by Crippen LogP contribution is 2.38. The second-order valence-corrected chi connectivity index (χ2v) is 7.63. The Hall–Kier alpha value is -3.68. The van der Waals surface area contributed by atoms with Gasteiger partial charge in [-0.05, 0) is 24.0 Å². The number of allylic oxidation sites excluding steroid dienone is 1. The first kappa shape index (κ1) is 21.0. The molecule has 0 unspecified atom stereocenters. The van der Waals surface area contributed by atoms with Crippen molar-refractivity contribution in [3.63, 3.8) is 0 Å². The maximum absolute atomic E-state index is 5.75. The van der Waals surface area contributed by atoms with Crippen molar-refractivity contribution in [2.24, 2.45) is 29.4 Å². The molecule has 30 heavy (non-hydrogen) atoms. The molecule has 2 heterocycles. The lowest BCUT2D eigenvalue weighted by molar-refractivity contribution is 0.351. The van der Waals surface area contributed by atoms with Crippen molar-refractivity contribution in [1.29, 1.82) is 0 Å². The molecule has 0 aliphatic rings. The monoisotopic (exact) mass is 405 g/mol. The van der Waals surface area contributed by atoms with E-state index >= 15 is 0 Å². The summed E-state index contributed by atoms with van der Waals surface area (Å²) in [6, 6.07) is 8.07. The number of benzene rings is 1. The third-order valence-electron chi connectivity index (χ3n) is 5.36. The molecule has 1 atom stereocenters. The Labute approximate surface area is 176 Å². The molecule has 8 nitrogen and oxygen atoms in total. The van der Waals surface area contributed by atoms with Crippen LogP contribution in [-0.4, -0.2) is 26.1 Å². The van der Waals surface area contributed by atoms with Gasteiger partial charge in [-0.3, -0.25) is 4.68 Å². The summed E-state index contributed by atoms with van der Waals surface area (Å²) >= 11 is 0. The summed E-state index contributed by atoms with van der Waals surface area (Å²) in [5.41, 5.74) is 14.3. The number of aliphatic imine (C=N–C) groups is 1. The van der Waals surface area contributed by atoms with Crippen LogP contribution < -0.4 is 11.5 Å². The van der Waals surface area contributed by atoms with Gasteiger partial charge in [-0.25, -0.2) is 4.99 Å². The fraction of sp³-hybridized carbons (Fsp3) is 0.273. The van der Waals surface area contributed by atoms with Crippen LogP contribution in [0.25, 0.3) is 17.0 Å². The minimum absolute atomic E-state index is 0.217. The van der Waals surface area contributed by atoms with Crippen LogP contribution in [0, 0.1) is 5.92 Å². The van der Waals surface area contributed by atoms with Gasteiger partial charge >= 0.3 is 0 Å². The topological polar surface area (TPSA) is 121 Å². The Morgan fingerprint density at radius 1 is 1.30 bits per heavy atom. The molecule has 0 spiro atoms. The zero-order chi connectivity index (χ0) is 21.9. The molecule has 0 fully saturated rings. The van der Waals surface area contributed by atoms with Crippen molar-refractivity contribution in [2.45, 2.75) is 26.2 Å². The van der Waals surface area contributed by atoms with Crippen LogP contribution >= 0.6 is 0 Å². The second kappa shape index (κ2) is 8.36. The molecular formula is C22H27N7O. The van der Waals surface area contributed by atoms with Crippen LogP contribution in [0.5, 0.6) is 0 Å². The van der Waals surface area contributed by atoms with Crippen molar-refractivity contribution in [3.8, 4) is 11.5 Å². The second-order valence-electron chi connectivity index (χ2n) is 7.63. The molecule has 1 aromatic carbocycles. The Morgan fingerprint density at radius 3 is 2.53 bits per heavy atom. The fourth-order valence-electron chi connectivity index (χ4n) is 3.18. The molecule has 4 N–H and O–H groups in total. The van der Waals surface area contributed by atoms with E-state index in [0.29, 0.717) is 11.7 Å². The highest BCUT2D eigenvalue weighted by atomic mass is 16.5. The first-order valence-corrected chi connectivity index (χ1v) is 9.60. The molecule has 2 aromatic heterocycles. The molecule has 0 aliphatic carbocycles. The molecule has 0 saturated carbocycles. The minimum Gasteiger partial charge on any atom is -0.404 e. The van der Waals surface area contributed by atoms with Gasteiger partial charge in [-0.15, -0.1) is 0 Å². The van der Waals surface area contributed by atoms with Gasteiger partial charge in [0.15, 0.2) is 5.82 Å². The van der Waals surface area contributed by atoms with Gasteiger partial charge in [0.2, 0.25) is 0 Å². The lowest BCUT2D eigenvalue weighted by atomic mass is 9.72. The summed E-state index contributed by atoms with van der Waals surface area (Å²) in [4.78, 5) is 8.70. The summed E-state index contributed by atoms with van der Waals surface area (Å²) in [5.74, 6) is 1.52. The van der Waals surface area contributed by atoms with E-state index in [4.69, 9.17) is 16.0 Å². The maximum Gasteiger partial charge on any atom is 0.261 e. The molecule has 0 radical (unpaired) electrons. The van der Waals surface area contributed by atoms with Gasteiger partial charge in [-0.2, -0.15) is 10.1 Å². The van der Waals surface area contributed by atoms with Crippen LogP contribution in [0.1, 0.15) is 37.7 Å². The summed E-state index contributed by atoms with van der Waals surface area (Å²) in [6.45, 7) is 9.95. The van der Waals surface area contributed by atoms with Gasteiger partial charge in [0.05, 0.1) is 17.2 Å². The first-order chi connectivity index (χ1) is 14.3. The zero-order valence-corrected chi connectivity index (χ0v) is 17.7. The molecule has 0 aliphatic heterocycles. The number of rotatable bonds is 7. The number of hydrogen-bond acceptors (Lipinski definition) is 7. The number of hydrogen-bond donors (Lipinski definition) is 2. The first-order valence-electron chi connectivity index (χ1n) is 9.60. The molecule has 0 saturated heterocycles. The van der Waals surface area contributed by atoms with Gasteiger partial charge in [0.25, 0.3) is 5.89 Å². The Kier molecular flexibility index (Phi) is 5.86. The van der Waals surface area contributed by atoms with E-state index in [1.54, 1.807) is 17.1 Å². The molecule has 3 rings (SSSR count). The summed E-state index contributed by atoms with van der Waals surface area (Å²) in [7, 11) is 1.85. The predicted octanol–water partition coefficient (Wildman–Crippen LogP) is 3.23. The SMILES string of the molecule is C=C(N)/N=C\C(=C/N)c1ccc([C@@](C)(c2noc(-c3cnn(C)c3)n2)C(C)C)cc1. The largest absolute Gasteiger partial charge is 0.404 e. The molecular weight excluding hydrogens is 378 g/mol. The quantitative estimate of drug-likeness (QED) is 0.582. The number of nitrogens with zero attached hydrogens (tertiary/aromatic N) is 5. The van der Waals surface area contributed by atoms with E-state index in [2.05, 4.69) is 47.6 Å². The highest BCUT2D eigenvalue weighted by Gasteiger charge is 2.37. The average Bonchev–Trinajstić information content (AvgIpc) is 3.37. The van der Waals surface area contributed by atoms with E-state index in [-0.39, 0.29) is 11.7 Å². The van der Waals surface area contributed by atoms with Gasteiger partial charge in [-0.1, -0.05) is 49.8 Å². The number of nitrogens with two attached hydrogens (primary N) is 2. The number of aryl methyl sites for hydroxylation is 1. The van der Waals surface area contributed by atoms with E-state index in [9.17, 15) is 0 Å². The van der Waals surface area contributed by atoms with Crippen molar-refractivity contribution >= 4 is 11.8 Å². The van der Waals surface area contributed by atoms with Crippen molar-refractivity contribution in [3.05, 3.63) is 72.2 Å². The van der Waals surface area contributed by atoms with E-state index < -0.39 is 5.41 Å². The van der Waals surface area contributed by atoms with Crippen LogP contribution in [-0.2, 0) is 12.5 Å². The lowest BCUT2D eigenvalue weighted by Crippen LogP contribution is -2.31. The minimum atomic E-state index is -0.450. The van der Waals surface area contributed by atoms with Crippen LogP contribution in [0.2, 0.25) is 0 Å². The van der Waals surface area contributed by atoms with E-state index in [1.165, 1.54) is 6.20 Å². The molecule has 3 aromatic rings.